The van der Waals surface area contributed by atoms with E-state index in [0.29, 0.717) is 18.7 Å². The second-order valence-electron chi connectivity index (χ2n) is 4.42. The Bertz CT molecular complexity index is 530. The summed E-state index contributed by atoms with van der Waals surface area (Å²) >= 11 is 0. The third kappa shape index (κ3) is 5.52. The number of carboxylic acid groups (broad SMARTS) is 1. The Kier molecular flexibility index (Phi) is 6.19. The number of hydrogen-bond acceptors (Lipinski definition) is 4. The fraction of sp³-hybridized carbons (Fsp3) is 0.357. The number of rotatable bonds is 6. The molecule has 1 aromatic carbocycles. The maximum atomic E-state index is 11.9. The zero-order valence-electron chi connectivity index (χ0n) is 12.0. The Morgan fingerprint density at radius 1 is 1.33 bits per heavy atom. The van der Waals surface area contributed by atoms with Crippen LogP contribution in [0.25, 0.3) is 0 Å². The van der Waals surface area contributed by atoms with Crippen molar-refractivity contribution in [3.63, 3.8) is 0 Å². The van der Waals surface area contributed by atoms with E-state index < -0.39 is 5.97 Å². The minimum absolute atomic E-state index is 0.0983. The van der Waals surface area contributed by atoms with Crippen molar-refractivity contribution in [3.05, 3.63) is 29.8 Å². The Hall–Kier alpha value is -2.57. The normalized spacial score (nSPS) is 9.81. The van der Waals surface area contributed by atoms with Crippen molar-refractivity contribution < 1.29 is 24.2 Å². The van der Waals surface area contributed by atoms with Crippen LogP contribution in [0.1, 0.15) is 23.2 Å². The van der Waals surface area contributed by atoms with Gasteiger partial charge in [-0.05, 0) is 24.6 Å². The first-order valence-electron chi connectivity index (χ1n) is 6.36. The fourth-order valence-electron chi connectivity index (χ4n) is 1.61. The highest BCUT2D eigenvalue weighted by Crippen LogP contribution is 2.11. The molecule has 0 aromatic heterocycles. The van der Waals surface area contributed by atoms with Crippen LogP contribution < -0.4 is 5.32 Å². The number of carboxylic acids is 1. The van der Waals surface area contributed by atoms with Crippen LogP contribution >= 0.6 is 0 Å². The van der Waals surface area contributed by atoms with E-state index in [-0.39, 0.29) is 24.0 Å². The SMILES string of the molecule is COC(=O)CCCN(C)C(=O)Nc1cccc(C(=O)O)c1. The number of methoxy groups -OCH3 is 1. The number of amides is 2. The van der Waals surface area contributed by atoms with Crippen LogP contribution in [0.5, 0.6) is 0 Å². The van der Waals surface area contributed by atoms with Crippen LogP contribution in [0.15, 0.2) is 24.3 Å². The number of ether oxygens (including phenoxy) is 1. The minimum atomic E-state index is -1.06. The maximum Gasteiger partial charge on any atom is 0.335 e. The van der Waals surface area contributed by atoms with Crippen molar-refractivity contribution in [2.24, 2.45) is 0 Å². The summed E-state index contributed by atoms with van der Waals surface area (Å²) in [6.07, 6.45) is 0.731. The van der Waals surface area contributed by atoms with Gasteiger partial charge in [0.15, 0.2) is 0 Å². The van der Waals surface area contributed by atoms with Gasteiger partial charge >= 0.3 is 18.0 Å². The zero-order chi connectivity index (χ0) is 15.8. The lowest BCUT2D eigenvalue weighted by Gasteiger charge is -2.17. The topological polar surface area (TPSA) is 95.9 Å². The largest absolute Gasteiger partial charge is 0.478 e. The molecule has 0 atom stereocenters. The quantitative estimate of drug-likeness (QED) is 0.780. The third-order valence-corrected chi connectivity index (χ3v) is 2.81. The zero-order valence-corrected chi connectivity index (χ0v) is 12.0. The van der Waals surface area contributed by atoms with Gasteiger partial charge in [0.2, 0.25) is 0 Å². The average molecular weight is 294 g/mol. The number of hydrogen-bond donors (Lipinski definition) is 2. The molecule has 0 aliphatic carbocycles. The lowest BCUT2D eigenvalue weighted by Crippen LogP contribution is -2.32. The van der Waals surface area contributed by atoms with E-state index in [2.05, 4.69) is 10.1 Å². The molecule has 0 bridgehead atoms. The summed E-state index contributed by atoms with van der Waals surface area (Å²) in [6.45, 7) is 0.388. The van der Waals surface area contributed by atoms with Crippen LogP contribution in [0.2, 0.25) is 0 Å². The number of nitrogens with one attached hydrogen (secondary N) is 1. The van der Waals surface area contributed by atoms with Crippen molar-refractivity contribution in [2.45, 2.75) is 12.8 Å². The summed E-state index contributed by atoms with van der Waals surface area (Å²) in [5, 5.41) is 11.5. The van der Waals surface area contributed by atoms with Crippen LogP contribution in [0.4, 0.5) is 10.5 Å². The second-order valence-corrected chi connectivity index (χ2v) is 4.42. The molecule has 0 saturated heterocycles. The molecular weight excluding hydrogens is 276 g/mol. The Morgan fingerprint density at radius 2 is 2.05 bits per heavy atom. The molecular formula is C14H18N2O5. The van der Waals surface area contributed by atoms with Gasteiger partial charge in [0.05, 0.1) is 12.7 Å². The summed E-state index contributed by atoms with van der Waals surface area (Å²) in [6, 6.07) is 5.60. The van der Waals surface area contributed by atoms with Crippen molar-refractivity contribution in [1.82, 2.24) is 4.90 Å². The summed E-state index contributed by atoms with van der Waals surface area (Å²) < 4.78 is 4.51. The van der Waals surface area contributed by atoms with Gasteiger partial charge in [0.1, 0.15) is 0 Å². The predicted octanol–water partition coefficient (Wildman–Crippen LogP) is 1.80. The van der Waals surface area contributed by atoms with Crippen molar-refractivity contribution in [1.29, 1.82) is 0 Å². The number of anilines is 1. The monoisotopic (exact) mass is 294 g/mol. The molecule has 0 saturated carbocycles. The lowest BCUT2D eigenvalue weighted by atomic mass is 10.2. The molecule has 0 aliphatic rings. The molecule has 0 fully saturated rings. The first kappa shape index (κ1) is 16.5. The predicted molar refractivity (Wildman–Crippen MR) is 76.3 cm³/mol. The van der Waals surface area contributed by atoms with E-state index in [1.165, 1.54) is 24.1 Å². The van der Waals surface area contributed by atoms with Crippen molar-refractivity contribution in [2.75, 3.05) is 26.0 Å². The van der Waals surface area contributed by atoms with Crippen LogP contribution in [-0.2, 0) is 9.53 Å². The van der Waals surface area contributed by atoms with Gasteiger partial charge in [-0.2, -0.15) is 0 Å². The van der Waals surface area contributed by atoms with Gasteiger partial charge < -0.3 is 20.1 Å². The summed E-state index contributed by atoms with van der Waals surface area (Å²) in [4.78, 5) is 35.1. The Morgan fingerprint density at radius 3 is 2.67 bits per heavy atom. The Balaban J connectivity index is 2.50. The molecule has 0 heterocycles. The summed E-state index contributed by atoms with van der Waals surface area (Å²) in [7, 11) is 2.90. The van der Waals surface area contributed by atoms with Crippen molar-refractivity contribution >= 4 is 23.7 Å². The number of nitrogens with zero attached hydrogens (tertiary/aromatic N) is 1. The van der Waals surface area contributed by atoms with E-state index in [9.17, 15) is 14.4 Å². The Labute approximate surface area is 122 Å². The molecule has 0 spiro atoms. The van der Waals surface area contributed by atoms with Crippen LogP contribution in [-0.4, -0.2) is 48.7 Å². The first-order chi connectivity index (χ1) is 9.93. The first-order valence-corrected chi connectivity index (χ1v) is 6.36. The standard InChI is InChI=1S/C14H18N2O5/c1-16(8-4-7-12(17)21-2)14(20)15-11-6-3-5-10(9-11)13(18)19/h3,5-6,9H,4,7-8H2,1-2H3,(H,15,20)(H,18,19). The van der Waals surface area contributed by atoms with E-state index in [4.69, 9.17) is 5.11 Å². The lowest BCUT2D eigenvalue weighted by molar-refractivity contribution is -0.140. The molecule has 0 aliphatic heterocycles. The van der Waals surface area contributed by atoms with Crippen LogP contribution in [0, 0.1) is 0 Å². The van der Waals surface area contributed by atoms with E-state index in [1.54, 1.807) is 19.2 Å². The fourth-order valence-corrected chi connectivity index (χ4v) is 1.61. The van der Waals surface area contributed by atoms with Gasteiger partial charge in [0.25, 0.3) is 0 Å². The molecule has 21 heavy (non-hydrogen) atoms. The van der Waals surface area contributed by atoms with E-state index >= 15 is 0 Å². The van der Waals surface area contributed by atoms with Gasteiger partial charge in [-0.1, -0.05) is 6.07 Å². The second kappa shape index (κ2) is 7.88. The maximum absolute atomic E-state index is 11.9. The molecule has 0 unspecified atom stereocenters. The highest BCUT2D eigenvalue weighted by atomic mass is 16.5. The number of carbonyl (C=O) groups excluding carboxylic acids is 2. The summed E-state index contributed by atoms with van der Waals surface area (Å²) in [5.41, 5.74) is 0.501. The van der Waals surface area contributed by atoms with Gasteiger partial charge in [-0.3, -0.25) is 4.79 Å². The average Bonchev–Trinajstić information content (AvgIpc) is 2.47. The van der Waals surface area contributed by atoms with E-state index in [0.717, 1.165) is 0 Å². The van der Waals surface area contributed by atoms with Crippen LogP contribution in [0.3, 0.4) is 0 Å². The number of carbonyl (C=O) groups is 3. The molecule has 114 valence electrons. The van der Waals surface area contributed by atoms with Gasteiger partial charge in [-0.15, -0.1) is 0 Å². The van der Waals surface area contributed by atoms with E-state index in [1.807, 2.05) is 0 Å². The summed E-state index contributed by atoms with van der Waals surface area (Å²) in [5.74, 6) is -1.38. The molecule has 1 aromatic rings. The molecule has 1 rings (SSSR count). The highest BCUT2D eigenvalue weighted by molar-refractivity contribution is 5.93. The third-order valence-electron chi connectivity index (χ3n) is 2.81. The number of aromatic carboxylic acids is 1. The molecule has 7 nitrogen and oxygen atoms in total. The highest BCUT2D eigenvalue weighted by Gasteiger charge is 2.11. The number of esters is 1. The van der Waals surface area contributed by atoms with Crippen molar-refractivity contribution in [3.8, 4) is 0 Å². The molecule has 0 radical (unpaired) electrons. The van der Waals surface area contributed by atoms with Gasteiger partial charge in [0, 0.05) is 25.7 Å². The smallest absolute Gasteiger partial charge is 0.335 e. The number of urea groups is 1. The molecule has 2 amide bonds. The molecule has 2 N–H and O–H groups in total. The minimum Gasteiger partial charge on any atom is -0.478 e. The number of benzene rings is 1. The molecule has 7 heteroatoms. The van der Waals surface area contributed by atoms with Gasteiger partial charge in [-0.25, -0.2) is 9.59 Å².